The summed E-state index contributed by atoms with van der Waals surface area (Å²) in [7, 11) is 0. The molecule has 1 saturated heterocycles. The molecule has 206 valence electrons. The highest BCUT2D eigenvalue weighted by molar-refractivity contribution is 6.30. The maximum atomic E-state index is 13.4. The number of nitrogens with one attached hydrogen (secondary N) is 2. The second kappa shape index (κ2) is 11.1. The van der Waals surface area contributed by atoms with E-state index < -0.39 is 28.9 Å². The Morgan fingerprint density at radius 3 is 2.45 bits per heavy atom. The number of aromatic nitrogens is 1. The molecule has 2 aromatic rings. The number of oxazole rings is 1. The Hall–Kier alpha value is -2.91. The predicted octanol–water partition coefficient (Wildman–Crippen LogP) is 4.36. The third-order valence-corrected chi connectivity index (χ3v) is 8.53. The zero-order valence-electron chi connectivity index (χ0n) is 22.4. The van der Waals surface area contributed by atoms with Gasteiger partial charge in [0.15, 0.2) is 5.69 Å². The van der Waals surface area contributed by atoms with Gasteiger partial charge in [-0.3, -0.25) is 19.7 Å². The van der Waals surface area contributed by atoms with Gasteiger partial charge in [-0.2, -0.15) is 4.98 Å². The molecule has 2 fully saturated rings. The van der Waals surface area contributed by atoms with Gasteiger partial charge in [0.05, 0.1) is 11.5 Å². The average molecular weight is 545 g/mol. The number of amides is 3. The first kappa shape index (κ1) is 28.1. The Morgan fingerprint density at radius 1 is 1.16 bits per heavy atom. The number of aliphatic hydroxyl groups is 1. The SMILES string of the molecule is CC(NC(=O)c1coc(NC(=O)C2CCCC2)n1)[C@@H](C)C(=O)N1CC[C@](O)(c2ccc(Cl)cc2)C(C)(C)C1. The summed E-state index contributed by atoms with van der Waals surface area (Å²) in [6.45, 7) is 8.19. The second-order valence-corrected chi connectivity index (χ2v) is 11.8. The van der Waals surface area contributed by atoms with Gasteiger partial charge in [0.25, 0.3) is 5.91 Å². The third kappa shape index (κ3) is 5.73. The maximum Gasteiger partial charge on any atom is 0.302 e. The number of carbonyl (C=O) groups is 3. The van der Waals surface area contributed by atoms with Gasteiger partial charge < -0.3 is 19.7 Å². The van der Waals surface area contributed by atoms with E-state index in [0.717, 1.165) is 31.2 Å². The van der Waals surface area contributed by atoms with Gasteiger partial charge in [-0.1, -0.05) is 57.3 Å². The summed E-state index contributed by atoms with van der Waals surface area (Å²) in [5, 5.41) is 17.7. The van der Waals surface area contributed by atoms with Crippen molar-refractivity contribution in [3.05, 3.63) is 46.8 Å². The summed E-state index contributed by atoms with van der Waals surface area (Å²) in [6.07, 6.45) is 5.34. The molecule has 9 nitrogen and oxygen atoms in total. The Labute approximate surface area is 228 Å². The first-order chi connectivity index (χ1) is 17.9. The Kier molecular flexibility index (Phi) is 8.18. The molecule has 1 aliphatic carbocycles. The number of rotatable bonds is 7. The Balaban J connectivity index is 1.33. The molecular formula is C28H37ClN4O5. The van der Waals surface area contributed by atoms with E-state index in [-0.39, 0.29) is 29.4 Å². The lowest BCUT2D eigenvalue weighted by molar-refractivity contribution is -0.156. The predicted molar refractivity (Wildman–Crippen MR) is 144 cm³/mol. The van der Waals surface area contributed by atoms with E-state index in [2.05, 4.69) is 15.6 Å². The normalized spacial score (nSPS) is 23.1. The highest BCUT2D eigenvalue weighted by atomic mass is 35.5. The zero-order valence-corrected chi connectivity index (χ0v) is 23.2. The van der Waals surface area contributed by atoms with Crippen LogP contribution in [-0.4, -0.2) is 51.8 Å². The van der Waals surface area contributed by atoms with E-state index in [0.29, 0.717) is 24.5 Å². The monoisotopic (exact) mass is 544 g/mol. The lowest BCUT2D eigenvalue weighted by Crippen LogP contribution is -2.58. The molecule has 1 aromatic carbocycles. The summed E-state index contributed by atoms with van der Waals surface area (Å²) in [5.74, 6) is -1.29. The highest BCUT2D eigenvalue weighted by Crippen LogP contribution is 2.46. The lowest BCUT2D eigenvalue weighted by atomic mass is 9.66. The second-order valence-electron chi connectivity index (χ2n) is 11.3. The summed E-state index contributed by atoms with van der Waals surface area (Å²) in [6, 6.07) is 6.69. The molecule has 2 aliphatic rings. The molecule has 1 saturated carbocycles. The fraction of sp³-hybridized carbons (Fsp3) is 0.571. The minimum Gasteiger partial charge on any atom is -0.431 e. The highest BCUT2D eigenvalue weighted by Gasteiger charge is 2.50. The van der Waals surface area contributed by atoms with Gasteiger partial charge >= 0.3 is 6.01 Å². The quantitative estimate of drug-likeness (QED) is 0.476. The van der Waals surface area contributed by atoms with Gasteiger partial charge in [0.2, 0.25) is 11.8 Å². The number of likely N-dealkylation sites (tertiary alicyclic amines) is 1. The molecular weight excluding hydrogens is 508 g/mol. The van der Waals surface area contributed by atoms with Gasteiger partial charge in [0, 0.05) is 35.5 Å². The van der Waals surface area contributed by atoms with Crippen molar-refractivity contribution in [2.45, 2.75) is 71.4 Å². The number of benzene rings is 1. The molecule has 38 heavy (non-hydrogen) atoms. The van der Waals surface area contributed by atoms with Crippen molar-refractivity contribution in [1.29, 1.82) is 0 Å². The van der Waals surface area contributed by atoms with E-state index in [1.54, 1.807) is 30.9 Å². The van der Waals surface area contributed by atoms with Crippen LogP contribution >= 0.6 is 11.6 Å². The van der Waals surface area contributed by atoms with Crippen LogP contribution in [0.3, 0.4) is 0 Å². The van der Waals surface area contributed by atoms with Crippen LogP contribution in [0.1, 0.15) is 75.9 Å². The summed E-state index contributed by atoms with van der Waals surface area (Å²) >= 11 is 6.03. The van der Waals surface area contributed by atoms with Crippen molar-refractivity contribution in [2.24, 2.45) is 17.3 Å². The Bertz CT molecular complexity index is 1170. The largest absolute Gasteiger partial charge is 0.431 e. The zero-order chi connectivity index (χ0) is 27.7. The number of halogens is 1. The molecule has 4 rings (SSSR count). The van der Waals surface area contributed by atoms with Crippen molar-refractivity contribution in [3.8, 4) is 0 Å². The fourth-order valence-electron chi connectivity index (χ4n) is 5.51. The molecule has 2 heterocycles. The van der Waals surface area contributed by atoms with Crippen LogP contribution in [0, 0.1) is 17.3 Å². The number of anilines is 1. The van der Waals surface area contributed by atoms with Gasteiger partial charge in [-0.15, -0.1) is 0 Å². The van der Waals surface area contributed by atoms with Crippen LogP contribution < -0.4 is 10.6 Å². The van der Waals surface area contributed by atoms with Gasteiger partial charge in [-0.25, -0.2) is 0 Å². The van der Waals surface area contributed by atoms with Crippen LogP contribution in [0.15, 0.2) is 34.9 Å². The molecule has 10 heteroatoms. The number of hydrogen-bond donors (Lipinski definition) is 3. The van der Waals surface area contributed by atoms with E-state index in [1.807, 2.05) is 26.0 Å². The van der Waals surface area contributed by atoms with Gasteiger partial charge in [0.1, 0.15) is 6.26 Å². The van der Waals surface area contributed by atoms with Crippen molar-refractivity contribution in [2.75, 3.05) is 18.4 Å². The van der Waals surface area contributed by atoms with E-state index in [9.17, 15) is 19.5 Å². The molecule has 0 spiro atoms. The first-order valence-corrected chi connectivity index (χ1v) is 13.6. The molecule has 1 aromatic heterocycles. The van der Waals surface area contributed by atoms with E-state index >= 15 is 0 Å². The average Bonchev–Trinajstić information content (AvgIpc) is 3.58. The first-order valence-electron chi connectivity index (χ1n) is 13.3. The molecule has 3 amide bonds. The van der Waals surface area contributed by atoms with Crippen molar-refractivity contribution in [1.82, 2.24) is 15.2 Å². The molecule has 1 unspecified atom stereocenters. The molecule has 0 bridgehead atoms. The minimum absolute atomic E-state index is 0.00690. The lowest BCUT2D eigenvalue weighted by Gasteiger charge is -2.51. The van der Waals surface area contributed by atoms with Crippen LogP contribution in [-0.2, 0) is 15.2 Å². The number of piperidine rings is 1. The van der Waals surface area contributed by atoms with E-state index in [4.69, 9.17) is 16.0 Å². The van der Waals surface area contributed by atoms with E-state index in [1.165, 1.54) is 6.26 Å². The minimum atomic E-state index is -1.10. The van der Waals surface area contributed by atoms with Crippen LogP contribution in [0.4, 0.5) is 6.01 Å². The molecule has 3 atom stereocenters. The topological polar surface area (TPSA) is 125 Å². The summed E-state index contributed by atoms with van der Waals surface area (Å²) in [5.41, 5.74) is -0.902. The summed E-state index contributed by atoms with van der Waals surface area (Å²) in [4.78, 5) is 44.3. The van der Waals surface area contributed by atoms with Crippen LogP contribution in [0.25, 0.3) is 0 Å². The molecule has 0 radical (unpaired) electrons. The third-order valence-electron chi connectivity index (χ3n) is 8.27. The smallest absolute Gasteiger partial charge is 0.302 e. The van der Waals surface area contributed by atoms with Crippen LogP contribution in [0.2, 0.25) is 5.02 Å². The van der Waals surface area contributed by atoms with Crippen molar-refractivity contribution in [3.63, 3.8) is 0 Å². The summed E-state index contributed by atoms with van der Waals surface area (Å²) < 4.78 is 5.28. The van der Waals surface area contributed by atoms with Crippen LogP contribution in [0.5, 0.6) is 0 Å². The number of hydrogen-bond acceptors (Lipinski definition) is 6. The standard InChI is InChI=1S/C28H37ClN4O5/c1-17(18(2)30-24(35)22-15-38-26(31-22)32-23(34)19-7-5-6-8-19)25(36)33-14-13-28(37,27(3,4)16-33)20-9-11-21(29)12-10-20/h9-12,15,17-19,37H,5-8,13-14,16H2,1-4H3,(H,30,35)(H,31,32,34)/t17-,18?,28+/m1/s1. The number of nitrogens with zero attached hydrogens (tertiary/aromatic N) is 2. The van der Waals surface area contributed by atoms with Gasteiger partial charge in [-0.05, 0) is 43.9 Å². The van der Waals surface area contributed by atoms with Crippen molar-refractivity contribution < 1.29 is 23.9 Å². The molecule has 3 N–H and O–H groups in total. The fourth-order valence-corrected chi connectivity index (χ4v) is 5.64. The number of carbonyl (C=O) groups excluding carboxylic acids is 3. The Morgan fingerprint density at radius 2 is 1.82 bits per heavy atom. The maximum absolute atomic E-state index is 13.4. The van der Waals surface area contributed by atoms with Crippen molar-refractivity contribution >= 4 is 35.3 Å². The molecule has 1 aliphatic heterocycles.